The highest BCUT2D eigenvalue weighted by molar-refractivity contribution is 5.68. The highest BCUT2D eigenvalue weighted by Crippen LogP contribution is 2.26. The molecule has 0 fully saturated rings. The summed E-state index contributed by atoms with van der Waals surface area (Å²) >= 11 is 0. The monoisotopic (exact) mass is 227 g/mol. The largest absolute Gasteiger partial charge is 0.343 e. The highest BCUT2D eigenvalue weighted by atomic mass is 19.1. The first-order valence-corrected chi connectivity index (χ1v) is 5.07. The Balaban J connectivity index is 2.44. The van der Waals surface area contributed by atoms with Crippen molar-refractivity contribution in [2.24, 2.45) is 0 Å². The number of benzene rings is 1. The number of aromatic nitrogens is 1. The van der Waals surface area contributed by atoms with Gasteiger partial charge in [-0.3, -0.25) is 0 Å². The molecule has 17 heavy (non-hydrogen) atoms. The molecule has 0 radical (unpaired) electrons. The zero-order chi connectivity index (χ0) is 12.3. The molecule has 0 saturated heterocycles. The van der Waals surface area contributed by atoms with Crippen LogP contribution in [0.1, 0.15) is 5.56 Å². The molecule has 2 aromatic rings. The van der Waals surface area contributed by atoms with Crippen LogP contribution in [0.2, 0.25) is 0 Å². The summed E-state index contributed by atoms with van der Waals surface area (Å²) in [5, 5.41) is 9.01. The summed E-state index contributed by atoms with van der Waals surface area (Å²) in [4.78, 5) is 5.25. The highest BCUT2D eigenvalue weighted by Gasteiger charge is 2.09. The molecule has 0 bridgehead atoms. The molecular weight excluding hydrogens is 217 g/mol. The molecule has 1 aromatic heterocycles. The number of hydrogen-bond acceptors (Lipinski definition) is 3. The summed E-state index contributed by atoms with van der Waals surface area (Å²) < 4.78 is 13.0. The van der Waals surface area contributed by atoms with Gasteiger partial charge in [0.1, 0.15) is 6.07 Å². The Labute approximate surface area is 98.8 Å². The molecule has 3 nitrogen and oxygen atoms in total. The van der Waals surface area contributed by atoms with Gasteiger partial charge in [-0.15, -0.1) is 0 Å². The third-order valence-corrected chi connectivity index (χ3v) is 2.48. The maximum absolute atomic E-state index is 13.0. The van der Waals surface area contributed by atoms with E-state index >= 15 is 0 Å². The van der Waals surface area contributed by atoms with Crippen LogP contribution in [0.3, 0.4) is 0 Å². The second-order valence-corrected chi connectivity index (χ2v) is 3.52. The Morgan fingerprint density at radius 3 is 2.76 bits per heavy atom. The average molecular weight is 227 g/mol. The number of anilines is 2. The lowest BCUT2D eigenvalue weighted by atomic mass is 10.1. The number of hydrogen-bond donors (Lipinski definition) is 0. The number of pyridine rings is 1. The van der Waals surface area contributed by atoms with Crippen LogP contribution in [-0.4, -0.2) is 12.0 Å². The van der Waals surface area contributed by atoms with E-state index in [0.29, 0.717) is 11.3 Å². The summed E-state index contributed by atoms with van der Waals surface area (Å²) in [6, 6.07) is 12.3. The van der Waals surface area contributed by atoms with Crippen molar-refractivity contribution in [3.05, 3.63) is 54.1 Å². The number of para-hydroxylation sites is 1. The van der Waals surface area contributed by atoms with Gasteiger partial charge in [-0.05, 0) is 18.2 Å². The van der Waals surface area contributed by atoms with E-state index in [1.165, 1.54) is 12.3 Å². The van der Waals surface area contributed by atoms with Crippen molar-refractivity contribution in [3.8, 4) is 6.07 Å². The SMILES string of the molecule is CN(c1ccnc(F)c1)c1ccccc1C#N. The van der Waals surface area contributed by atoms with E-state index in [1.54, 1.807) is 30.1 Å². The first kappa shape index (κ1) is 11.1. The number of halogens is 1. The molecule has 0 atom stereocenters. The van der Waals surface area contributed by atoms with Gasteiger partial charge in [0.25, 0.3) is 0 Å². The van der Waals surface area contributed by atoms with E-state index in [4.69, 9.17) is 5.26 Å². The second kappa shape index (κ2) is 4.62. The van der Waals surface area contributed by atoms with Crippen molar-refractivity contribution in [3.63, 3.8) is 0 Å². The third-order valence-electron chi connectivity index (χ3n) is 2.48. The van der Waals surface area contributed by atoms with Crippen LogP contribution in [-0.2, 0) is 0 Å². The minimum atomic E-state index is -0.538. The van der Waals surface area contributed by atoms with Crippen molar-refractivity contribution in [2.45, 2.75) is 0 Å². The van der Waals surface area contributed by atoms with Crippen LogP contribution < -0.4 is 4.90 Å². The zero-order valence-electron chi connectivity index (χ0n) is 9.26. The quantitative estimate of drug-likeness (QED) is 0.740. The van der Waals surface area contributed by atoms with Crippen LogP contribution >= 0.6 is 0 Å². The van der Waals surface area contributed by atoms with Crippen molar-refractivity contribution in [1.82, 2.24) is 4.98 Å². The maximum Gasteiger partial charge on any atom is 0.214 e. The second-order valence-electron chi connectivity index (χ2n) is 3.52. The van der Waals surface area contributed by atoms with Crippen molar-refractivity contribution in [2.75, 3.05) is 11.9 Å². The van der Waals surface area contributed by atoms with Crippen LogP contribution in [0.15, 0.2) is 42.6 Å². The smallest absolute Gasteiger partial charge is 0.214 e. The summed E-state index contributed by atoms with van der Waals surface area (Å²) in [6.45, 7) is 0. The molecule has 0 spiro atoms. The van der Waals surface area contributed by atoms with Crippen LogP contribution in [0.5, 0.6) is 0 Å². The van der Waals surface area contributed by atoms with Gasteiger partial charge < -0.3 is 4.90 Å². The zero-order valence-corrected chi connectivity index (χ0v) is 9.26. The molecular formula is C13H10FN3. The van der Waals surface area contributed by atoms with Gasteiger partial charge in [-0.2, -0.15) is 9.65 Å². The Bertz CT molecular complexity index is 575. The van der Waals surface area contributed by atoms with Gasteiger partial charge >= 0.3 is 0 Å². The average Bonchev–Trinajstić information content (AvgIpc) is 2.38. The first-order chi connectivity index (χ1) is 8.22. The molecule has 0 amide bonds. The lowest BCUT2D eigenvalue weighted by Crippen LogP contribution is -2.11. The standard InChI is InChI=1S/C13H10FN3/c1-17(11-6-7-16-13(14)8-11)12-5-3-2-4-10(12)9-15/h2-8H,1H3. The molecule has 0 unspecified atom stereocenters. The fourth-order valence-electron chi connectivity index (χ4n) is 1.60. The van der Waals surface area contributed by atoms with Crippen LogP contribution in [0.25, 0.3) is 0 Å². The lowest BCUT2D eigenvalue weighted by Gasteiger charge is -2.20. The Kier molecular flexibility index (Phi) is 3.01. The van der Waals surface area contributed by atoms with Crippen molar-refractivity contribution < 1.29 is 4.39 Å². The van der Waals surface area contributed by atoms with E-state index in [2.05, 4.69) is 11.1 Å². The maximum atomic E-state index is 13.0. The Hall–Kier alpha value is -2.41. The van der Waals surface area contributed by atoms with E-state index in [1.807, 2.05) is 12.1 Å². The topological polar surface area (TPSA) is 39.9 Å². The van der Waals surface area contributed by atoms with E-state index in [9.17, 15) is 4.39 Å². The van der Waals surface area contributed by atoms with Crippen molar-refractivity contribution >= 4 is 11.4 Å². The van der Waals surface area contributed by atoms with Gasteiger partial charge in [0.15, 0.2) is 0 Å². The fraction of sp³-hybridized carbons (Fsp3) is 0.0769. The van der Waals surface area contributed by atoms with E-state index in [-0.39, 0.29) is 0 Å². The molecule has 1 heterocycles. The first-order valence-electron chi connectivity index (χ1n) is 5.07. The molecule has 0 aliphatic heterocycles. The van der Waals surface area contributed by atoms with Gasteiger partial charge in [-0.1, -0.05) is 12.1 Å². The summed E-state index contributed by atoms with van der Waals surface area (Å²) in [7, 11) is 1.78. The molecule has 0 aliphatic rings. The normalized spacial score (nSPS) is 9.71. The Morgan fingerprint density at radius 2 is 2.06 bits per heavy atom. The lowest BCUT2D eigenvalue weighted by molar-refractivity contribution is 0.584. The van der Waals surface area contributed by atoms with Gasteiger partial charge in [0, 0.05) is 25.0 Å². The van der Waals surface area contributed by atoms with Crippen LogP contribution in [0, 0.1) is 17.3 Å². The molecule has 0 aliphatic carbocycles. The molecule has 0 N–H and O–H groups in total. The third kappa shape index (κ3) is 2.23. The number of rotatable bonds is 2. The molecule has 4 heteroatoms. The summed E-state index contributed by atoms with van der Waals surface area (Å²) in [5.41, 5.74) is 1.94. The minimum absolute atomic E-state index is 0.538. The number of nitriles is 1. The van der Waals surface area contributed by atoms with E-state index < -0.39 is 5.95 Å². The minimum Gasteiger partial charge on any atom is -0.343 e. The molecule has 1 aromatic carbocycles. The van der Waals surface area contributed by atoms with Gasteiger partial charge in [-0.25, -0.2) is 4.98 Å². The van der Waals surface area contributed by atoms with Gasteiger partial charge in [0.05, 0.1) is 11.3 Å². The summed E-state index contributed by atoms with van der Waals surface area (Å²) in [6.07, 6.45) is 1.40. The molecule has 84 valence electrons. The van der Waals surface area contributed by atoms with Gasteiger partial charge in [0.2, 0.25) is 5.95 Å². The van der Waals surface area contributed by atoms with Crippen LogP contribution in [0.4, 0.5) is 15.8 Å². The number of nitrogens with zero attached hydrogens (tertiary/aromatic N) is 3. The summed E-state index contributed by atoms with van der Waals surface area (Å²) in [5.74, 6) is -0.538. The van der Waals surface area contributed by atoms with Crippen molar-refractivity contribution in [1.29, 1.82) is 5.26 Å². The fourth-order valence-corrected chi connectivity index (χ4v) is 1.60. The molecule has 0 saturated carbocycles. The Morgan fingerprint density at radius 1 is 1.29 bits per heavy atom. The molecule has 2 rings (SSSR count). The predicted molar refractivity (Wildman–Crippen MR) is 63.4 cm³/mol. The van der Waals surface area contributed by atoms with E-state index in [0.717, 1.165) is 5.69 Å². The predicted octanol–water partition coefficient (Wildman–Crippen LogP) is 2.86.